The van der Waals surface area contributed by atoms with Crippen LogP contribution >= 0.6 is 11.8 Å². The summed E-state index contributed by atoms with van der Waals surface area (Å²) in [4.78, 5) is 0. The van der Waals surface area contributed by atoms with Crippen molar-refractivity contribution < 1.29 is 0 Å². The van der Waals surface area contributed by atoms with Gasteiger partial charge >= 0.3 is 0 Å². The van der Waals surface area contributed by atoms with Crippen LogP contribution < -0.4 is 5.32 Å². The van der Waals surface area contributed by atoms with E-state index in [2.05, 4.69) is 34.3 Å². The van der Waals surface area contributed by atoms with Gasteiger partial charge < -0.3 is 5.32 Å². The first kappa shape index (κ1) is 11.0. The number of nitrogens with zero attached hydrogens (tertiary/aromatic N) is 3. The highest BCUT2D eigenvalue weighted by Crippen LogP contribution is 2.25. The van der Waals surface area contributed by atoms with Crippen molar-refractivity contribution in [2.75, 3.05) is 12.3 Å². The van der Waals surface area contributed by atoms with E-state index >= 15 is 0 Å². The van der Waals surface area contributed by atoms with Gasteiger partial charge in [0.25, 0.3) is 0 Å². The molecule has 0 radical (unpaired) electrons. The summed E-state index contributed by atoms with van der Waals surface area (Å²) in [5.41, 5.74) is 0. The molecule has 0 amide bonds. The lowest BCUT2D eigenvalue weighted by Crippen LogP contribution is -2.30. The van der Waals surface area contributed by atoms with Gasteiger partial charge in [-0.2, -0.15) is 11.8 Å². The molecule has 1 aromatic heterocycles. The highest BCUT2D eigenvalue weighted by atomic mass is 32.2. The Hall–Kier alpha value is -0.550. The number of hydrogen-bond donors (Lipinski definition) is 1. The van der Waals surface area contributed by atoms with Crippen molar-refractivity contribution in [3.05, 3.63) is 12.4 Å². The molecule has 0 spiro atoms. The number of nitrogens with one attached hydrogen (secondary N) is 1. The van der Waals surface area contributed by atoms with E-state index < -0.39 is 0 Å². The molecule has 1 aliphatic rings. The van der Waals surface area contributed by atoms with E-state index in [0.29, 0.717) is 0 Å². The largest absolute Gasteiger partial charge is 0.313 e. The minimum Gasteiger partial charge on any atom is -0.313 e. The summed E-state index contributed by atoms with van der Waals surface area (Å²) in [5, 5.41) is 12.1. The van der Waals surface area contributed by atoms with E-state index in [9.17, 15) is 0 Å². The molecular formula is C10H18N4S. The van der Waals surface area contributed by atoms with Crippen molar-refractivity contribution in [1.29, 1.82) is 0 Å². The zero-order valence-electron chi connectivity index (χ0n) is 9.09. The van der Waals surface area contributed by atoms with Gasteiger partial charge in [0.05, 0.1) is 6.20 Å². The molecule has 2 atom stereocenters. The minimum atomic E-state index is 0.723. The van der Waals surface area contributed by atoms with E-state index in [1.807, 2.05) is 10.9 Å². The van der Waals surface area contributed by atoms with Crippen LogP contribution in [0.25, 0.3) is 0 Å². The molecule has 1 saturated heterocycles. The molecule has 2 rings (SSSR count). The molecule has 0 aromatic carbocycles. The standard InChI is InChI=1S/C10H18N4S/c1-9-7-10(8-15-9)11-3-2-5-14-6-4-12-13-14/h4,6,9-11H,2-3,5,7-8H2,1H3. The maximum Gasteiger partial charge on any atom is 0.0692 e. The van der Waals surface area contributed by atoms with Gasteiger partial charge in [0.15, 0.2) is 0 Å². The summed E-state index contributed by atoms with van der Waals surface area (Å²) in [6, 6.07) is 0.723. The second kappa shape index (κ2) is 5.51. The maximum atomic E-state index is 3.93. The minimum absolute atomic E-state index is 0.723. The SMILES string of the molecule is CC1CC(NCCCn2ccnn2)CS1. The zero-order valence-corrected chi connectivity index (χ0v) is 9.91. The van der Waals surface area contributed by atoms with Gasteiger partial charge in [0.2, 0.25) is 0 Å². The molecule has 1 aliphatic heterocycles. The number of thioether (sulfide) groups is 1. The van der Waals surface area contributed by atoms with E-state index in [-0.39, 0.29) is 0 Å². The summed E-state index contributed by atoms with van der Waals surface area (Å²) in [6.07, 6.45) is 6.07. The average molecular weight is 226 g/mol. The Kier molecular flexibility index (Phi) is 4.02. The third-order valence-electron chi connectivity index (χ3n) is 2.67. The smallest absolute Gasteiger partial charge is 0.0692 e. The van der Waals surface area contributed by atoms with E-state index in [1.165, 1.54) is 12.2 Å². The van der Waals surface area contributed by atoms with Crippen molar-refractivity contribution in [1.82, 2.24) is 20.3 Å². The van der Waals surface area contributed by atoms with Crippen LogP contribution in [0.1, 0.15) is 19.8 Å². The van der Waals surface area contributed by atoms with Gasteiger partial charge in [-0.05, 0) is 19.4 Å². The van der Waals surface area contributed by atoms with Crippen molar-refractivity contribution in [2.45, 2.75) is 37.6 Å². The lowest BCUT2D eigenvalue weighted by Gasteiger charge is -2.10. The van der Waals surface area contributed by atoms with Gasteiger partial charge in [-0.25, -0.2) is 0 Å². The van der Waals surface area contributed by atoms with Crippen LogP contribution in [0.4, 0.5) is 0 Å². The Morgan fingerprint density at radius 2 is 2.53 bits per heavy atom. The highest BCUT2D eigenvalue weighted by molar-refractivity contribution is 8.00. The van der Waals surface area contributed by atoms with E-state index in [4.69, 9.17) is 0 Å². The van der Waals surface area contributed by atoms with Crippen LogP contribution in [0.2, 0.25) is 0 Å². The molecule has 0 aliphatic carbocycles. The predicted molar refractivity (Wildman–Crippen MR) is 63.0 cm³/mol. The average Bonchev–Trinajstić information content (AvgIpc) is 2.84. The van der Waals surface area contributed by atoms with Crippen molar-refractivity contribution in [3.63, 3.8) is 0 Å². The van der Waals surface area contributed by atoms with Crippen LogP contribution in [0.5, 0.6) is 0 Å². The number of aryl methyl sites for hydroxylation is 1. The normalized spacial score (nSPS) is 25.9. The van der Waals surface area contributed by atoms with Gasteiger partial charge in [0.1, 0.15) is 0 Å². The van der Waals surface area contributed by atoms with Crippen LogP contribution in [-0.4, -0.2) is 38.6 Å². The first-order chi connectivity index (χ1) is 7.34. The van der Waals surface area contributed by atoms with Crippen molar-refractivity contribution in [3.8, 4) is 0 Å². The second-order valence-corrected chi connectivity index (χ2v) is 5.52. The monoisotopic (exact) mass is 226 g/mol. The highest BCUT2D eigenvalue weighted by Gasteiger charge is 2.20. The number of aromatic nitrogens is 3. The molecule has 2 unspecified atom stereocenters. The van der Waals surface area contributed by atoms with Crippen molar-refractivity contribution >= 4 is 11.8 Å². The van der Waals surface area contributed by atoms with Crippen LogP contribution in [-0.2, 0) is 6.54 Å². The van der Waals surface area contributed by atoms with Gasteiger partial charge in [-0.15, -0.1) is 5.10 Å². The molecule has 1 aromatic rings. The number of hydrogen-bond acceptors (Lipinski definition) is 4. The Labute approximate surface area is 94.8 Å². The van der Waals surface area contributed by atoms with E-state index in [0.717, 1.165) is 30.8 Å². The fraction of sp³-hybridized carbons (Fsp3) is 0.800. The first-order valence-corrected chi connectivity index (χ1v) is 6.58. The summed E-state index contributed by atoms with van der Waals surface area (Å²) < 4.78 is 1.88. The van der Waals surface area contributed by atoms with E-state index in [1.54, 1.807) is 6.20 Å². The molecule has 84 valence electrons. The first-order valence-electron chi connectivity index (χ1n) is 5.53. The molecule has 1 N–H and O–H groups in total. The fourth-order valence-electron chi connectivity index (χ4n) is 1.86. The fourth-order valence-corrected chi connectivity index (χ4v) is 3.04. The second-order valence-electron chi connectivity index (χ2n) is 4.05. The lowest BCUT2D eigenvalue weighted by atomic mass is 10.2. The Bertz CT molecular complexity index is 275. The van der Waals surface area contributed by atoms with Crippen LogP contribution in [0, 0.1) is 0 Å². The summed E-state index contributed by atoms with van der Waals surface area (Å²) in [7, 11) is 0. The lowest BCUT2D eigenvalue weighted by molar-refractivity contribution is 0.487. The Morgan fingerprint density at radius 3 is 3.20 bits per heavy atom. The Morgan fingerprint density at radius 1 is 1.60 bits per heavy atom. The summed E-state index contributed by atoms with van der Waals surface area (Å²) in [5.74, 6) is 1.27. The maximum absolute atomic E-state index is 3.93. The molecule has 5 heteroatoms. The van der Waals surface area contributed by atoms with Crippen LogP contribution in [0.3, 0.4) is 0 Å². The predicted octanol–water partition coefficient (Wildman–Crippen LogP) is 1.15. The molecule has 15 heavy (non-hydrogen) atoms. The van der Waals surface area contributed by atoms with Gasteiger partial charge in [0, 0.05) is 29.8 Å². The Balaban J connectivity index is 1.55. The zero-order chi connectivity index (χ0) is 10.5. The number of rotatable bonds is 5. The van der Waals surface area contributed by atoms with Gasteiger partial charge in [-0.3, -0.25) is 4.68 Å². The third kappa shape index (κ3) is 3.50. The third-order valence-corrected chi connectivity index (χ3v) is 4.02. The topological polar surface area (TPSA) is 42.7 Å². The molecule has 1 fully saturated rings. The summed E-state index contributed by atoms with van der Waals surface area (Å²) >= 11 is 2.07. The molecule has 0 bridgehead atoms. The quantitative estimate of drug-likeness (QED) is 0.765. The molecule has 2 heterocycles. The van der Waals surface area contributed by atoms with Gasteiger partial charge in [-0.1, -0.05) is 12.1 Å². The molecule has 4 nitrogen and oxygen atoms in total. The molecular weight excluding hydrogens is 208 g/mol. The summed E-state index contributed by atoms with van der Waals surface area (Å²) in [6.45, 7) is 4.35. The molecule has 0 saturated carbocycles. The van der Waals surface area contributed by atoms with Crippen molar-refractivity contribution in [2.24, 2.45) is 0 Å². The van der Waals surface area contributed by atoms with Crippen LogP contribution in [0.15, 0.2) is 12.4 Å².